The summed E-state index contributed by atoms with van der Waals surface area (Å²) in [4.78, 5) is 14.5. The van der Waals surface area contributed by atoms with Crippen molar-refractivity contribution in [1.29, 1.82) is 0 Å². The first-order chi connectivity index (χ1) is 10.1. The van der Waals surface area contributed by atoms with Crippen LogP contribution in [0.15, 0.2) is 30.3 Å². The van der Waals surface area contributed by atoms with Gasteiger partial charge in [-0.3, -0.25) is 9.69 Å². The van der Waals surface area contributed by atoms with Gasteiger partial charge in [0.25, 0.3) is 5.91 Å². The maximum absolute atomic E-state index is 12.6. The lowest BCUT2D eigenvalue weighted by Crippen LogP contribution is -2.80. The van der Waals surface area contributed by atoms with Gasteiger partial charge in [0, 0.05) is 19.3 Å². The van der Waals surface area contributed by atoms with Crippen LogP contribution in [0.25, 0.3) is 0 Å². The van der Waals surface area contributed by atoms with Gasteiger partial charge < -0.3 is 9.47 Å². The van der Waals surface area contributed by atoms with Gasteiger partial charge in [0.1, 0.15) is 11.5 Å². The normalized spacial score (nSPS) is 35.1. The van der Waals surface area contributed by atoms with Gasteiger partial charge in [-0.2, -0.15) is 0 Å². The molecule has 0 bridgehead atoms. The Hall–Kier alpha value is -0.850. The summed E-state index contributed by atoms with van der Waals surface area (Å²) in [5, 5.41) is 0. The number of thioether (sulfide) groups is 2. The van der Waals surface area contributed by atoms with E-state index >= 15 is 0 Å². The first-order valence-electron chi connectivity index (χ1n) is 6.87. The van der Waals surface area contributed by atoms with Crippen molar-refractivity contribution in [2.45, 2.75) is 29.4 Å². The zero-order chi connectivity index (χ0) is 15.1. The van der Waals surface area contributed by atoms with Crippen LogP contribution in [-0.2, 0) is 9.53 Å². The van der Waals surface area contributed by atoms with E-state index in [4.69, 9.17) is 9.47 Å². The Balaban J connectivity index is 1.89. The number of amides is 1. The van der Waals surface area contributed by atoms with Crippen molar-refractivity contribution in [2.24, 2.45) is 0 Å². The fourth-order valence-corrected chi connectivity index (χ4v) is 5.93. The lowest BCUT2D eigenvalue weighted by molar-refractivity contribution is -0.209. The summed E-state index contributed by atoms with van der Waals surface area (Å²) in [6.45, 7) is 1.98. The number of nitrogens with zero attached hydrogens (tertiary/aromatic N) is 1. The first kappa shape index (κ1) is 15.1. The highest BCUT2D eigenvalue weighted by Gasteiger charge is 2.69. The Bertz CT molecular complexity index is 541. The zero-order valence-corrected chi connectivity index (χ0v) is 14.0. The monoisotopic (exact) mass is 325 g/mol. The molecule has 0 aromatic heterocycles. The van der Waals surface area contributed by atoms with E-state index in [0.29, 0.717) is 0 Å². The number of para-hydroxylation sites is 1. The molecule has 114 valence electrons. The fraction of sp³-hybridized carbons (Fsp3) is 0.533. The standard InChI is InChI=1S/C15H19NO3S2/c1-14(18-2)9-10-21-15(20-3)12(13(17)16(14)15)19-11-7-5-4-6-8-11/h4-8,12H,9-10H2,1-3H3/t12-,14+,15+/m0/s1. The Morgan fingerprint density at radius 2 is 2.10 bits per heavy atom. The predicted octanol–water partition coefficient (Wildman–Crippen LogP) is 2.79. The number of β-lactam (4-membered cyclic amide) rings is 1. The van der Waals surface area contributed by atoms with Crippen LogP contribution in [0.4, 0.5) is 0 Å². The molecule has 2 heterocycles. The number of rotatable bonds is 4. The second-order valence-electron chi connectivity index (χ2n) is 5.30. The van der Waals surface area contributed by atoms with Gasteiger partial charge >= 0.3 is 0 Å². The van der Waals surface area contributed by atoms with Crippen LogP contribution >= 0.6 is 23.5 Å². The van der Waals surface area contributed by atoms with E-state index in [1.165, 1.54) is 0 Å². The van der Waals surface area contributed by atoms with Crippen molar-refractivity contribution in [3.8, 4) is 5.75 Å². The minimum atomic E-state index is -0.540. The summed E-state index contributed by atoms with van der Waals surface area (Å²) in [5.74, 6) is 1.68. The molecule has 2 fully saturated rings. The second kappa shape index (κ2) is 5.41. The average molecular weight is 325 g/mol. The van der Waals surface area contributed by atoms with E-state index in [2.05, 4.69) is 0 Å². The van der Waals surface area contributed by atoms with Crippen molar-refractivity contribution in [3.05, 3.63) is 30.3 Å². The van der Waals surface area contributed by atoms with E-state index in [0.717, 1.165) is 17.9 Å². The Kier molecular flexibility index (Phi) is 3.88. The number of benzene rings is 1. The van der Waals surface area contributed by atoms with Crippen LogP contribution in [0.5, 0.6) is 5.75 Å². The lowest BCUT2D eigenvalue weighted by atomic mass is 10.0. The van der Waals surface area contributed by atoms with Crippen molar-refractivity contribution >= 4 is 29.4 Å². The molecule has 4 nitrogen and oxygen atoms in total. The molecule has 3 atom stereocenters. The average Bonchev–Trinajstić information content (AvgIpc) is 2.52. The maximum atomic E-state index is 12.6. The van der Waals surface area contributed by atoms with Gasteiger partial charge in [-0.25, -0.2) is 0 Å². The van der Waals surface area contributed by atoms with E-state index in [1.807, 2.05) is 48.4 Å². The molecular weight excluding hydrogens is 306 g/mol. The van der Waals surface area contributed by atoms with Crippen molar-refractivity contribution in [1.82, 2.24) is 4.90 Å². The minimum Gasteiger partial charge on any atom is -0.476 e. The summed E-state index contributed by atoms with van der Waals surface area (Å²) in [7, 11) is 1.67. The Labute approximate surface area is 133 Å². The Morgan fingerprint density at radius 3 is 2.71 bits per heavy atom. The van der Waals surface area contributed by atoms with Crippen molar-refractivity contribution in [3.63, 3.8) is 0 Å². The molecule has 1 aromatic rings. The lowest BCUT2D eigenvalue weighted by Gasteiger charge is -2.63. The zero-order valence-electron chi connectivity index (χ0n) is 12.4. The third-order valence-corrected chi connectivity index (χ3v) is 7.22. The molecule has 3 rings (SSSR count). The number of fused-ring (bicyclic) bond motifs is 1. The molecule has 6 heteroatoms. The smallest absolute Gasteiger partial charge is 0.272 e. The van der Waals surface area contributed by atoms with E-state index in [1.54, 1.807) is 30.6 Å². The molecule has 0 saturated carbocycles. The SMILES string of the molecule is CO[C@]1(C)CCS[C@]2(SC)[C@@H](Oc3ccccc3)C(=O)N21. The molecule has 1 amide bonds. The highest BCUT2D eigenvalue weighted by molar-refractivity contribution is 8.18. The van der Waals surface area contributed by atoms with E-state index in [-0.39, 0.29) is 5.91 Å². The largest absolute Gasteiger partial charge is 0.476 e. The molecular formula is C15H19NO3S2. The summed E-state index contributed by atoms with van der Waals surface area (Å²) < 4.78 is 11.2. The van der Waals surface area contributed by atoms with Crippen LogP contribution in [0.1, 0.15) is 13.3 Å². The van der Waals surface area contributed by atoms with Crippen molar-refractivity contribution < 1.29 is 14.3 Å². The number of hydrogen-bond donors (Lipinski definition) is 0. The molecule has 0 N–H and O–H groups in total. The number of carbonyl (C=O) groups is 1. The number of ether oxygens (including phenoxy) is 2. The maximum Gasteiger partial charge on any atom is 0.272 e. The van der Waals surface area contributed by atoms with Gasteiger partial charge in [0.2, 0.25) is 6.10 Å². The van der Waals surface area contributed by atoms with Crippen LogP contribution in [-0.4, -0.2) is 46.0 Å². The summed E-state index contributed by atoms with van der Waals surface area (Å²) >= 11 is 3.43. The van der Waals surface area contributed by atoms with Gasteiger partial charge in [-0.05, 0) is 25.3 Å². The van der Waals surface area contributed by atoms with Gasteiger partial charge in [-0.15, -0.1) is 23.5 Å². The third-order valence-electron chi connectivity index (χ3n) is 4.16. The topological polar surface area (TPSA) is 38.8 Å². The van der Waals surface area contributed by atoms with Gasteiger partial charge in [-0.1, -0.05) is 18.2 Å². The highest BCUT2D eigenvalue weighted by Crippen LogP contribution is 2.58. The first-order valence-corrected chi connectivity index (χ1v) is 9.08. The summed E-state index contributed by atoms with van der Waals surface area (Å²) in [6.07, 6.45) is 2.39. The third kappa shape index (κ3) is 2.15. The summed E-state index contributed by atoms with van der Waals surface area (Å²) in [6, 6.07) is 9.52. The second-order valence-corrected chi connectivity index (χ2v) is 7.91. The molecule has 0 aliphatic carbocycles. The van der Waals surface area contributed by atoms with Crippen LogP contribution in [0, 0.1) is 0 Å². The van der Waals surface area contributed by atoms with Crippen LogP contribution in [0.3, 0.4) is 0 Å². The highest BCUT2D eigenvalue weighted by atomic mass is 32.2. The molecule has 2 saturated heterocycles. The van der Waals surface area contributed by atoms with Crippen LogP contribution < -0.4 is 4.74 Å². The van der Waals surface area contributed by atoms with Gasteiger partial charge in [0.05, 0.1) is 0 Å². The van der Waals surface area contributed by atoms with Gasteiger partial charge in [0.15, 0.2) is 4.20 Å². The predicted molar refractivity (Wildman–Crippen MR) is 86.4 cm³/mol. The number of carbonyl (C=O) groups excluding carboxylic acids is 1. The molecule has 0 spiro atoms. The van der Waals surface area contributed by atoms with E-state index < -0.39 is 16.0 Å². The molecule has 21 heavy (non-hydrogen) atoms. The Morgan fingerprint density at radius 1 is 1.38 bits per heavy atom. The minimum absolute atomic E-state index is 0.00440. The quantitative estimate of drug-likeness (QED) is 0.796. The molecule has 2 aliphatic heterocycles. The molecule has 2 aliphatic rings. The molecule has 0 unspecified atom stereocenters. The number of hydrogen-bond acceptors (Lipinski definition) is 5. The van der Waals surface area contributed by atoms with Crippen LogP contribution in [0.2, 0.25) is 0 Å². The molecule has 0 radical (unpaired) electrons. The van der Waals surface area contributed by atoms with Crippen molar-refractivity contribution in [2.75, 3.05) is 19.1 Å². The number of methoxy groups -OCH3 is 1. The fourth-order valence-electron chi connectivity index (χ4n) is 2.89. The summed E-state index contributed by atoms with van der Waals surface area (Å²) in [5.41, 5.74) is -0.540. The molecule has 1 aromatic carbocycles. The van der Waals surface area contributed by atoms with E-state index in [9.17, 15) is 4.79 Å².